The average molecular weight is 216 g/mol. The van der Waals surface area contributed by atoms with Gasteiger partial charge in [0.1, 0.15) is 5.82 Å². The second-order valence-corrected chi connectivity index (χ2v) is 4.88. The predicted molar refractivity (Wildman–Crippen MR) is 62.5 cm³/mol. The number of amides is 1. The van der Waals surface area contributed by atoms with E-state index in [1.54, 1.807) is 0 Å². The Hall–Kier alpha value is -1.38. The van der Waals surface area contributed by atoms with Gasteiger partial charge in [-0.05, 0) is 42.7 Å². The molecule has 2 heterocycles. The first-order chi connectivity index (χ1) is 7.75. The van der Waals surface area contributed by atoms with Crippen LogP contribution in [0.5, 0.6) is 0 Å². The van der Waals surface area contributed by atoms with Gasteiger partial charge in [0.05, 0.1) is 0 Å². The summed E-state index contributed by atoms with van der Waals surface area (Å²) in [6.07, 6.45) is 7.39. The zero-order chi connectivity index (χ0) is 11.1. The van der Waals surface area contributed by atoms with Crippen molar-refractivity contribution in [3.8, 4) is 0 Å². The fraction of sp³-hybridized carbons (Fsp3) is 0.538. The third-order valence-electron chi connectivity index (χ3n) is 3.68. The molecule has 3 heteroatoms. The fourth-order valence-electron chi connectivity index (χ4n) is 2.93. The van der Waals surface area contributed by atoms with Crippen molar-refractivity contribution >= 4 is 11.7 Å². The molecule has 1 aromatic heterocycles. The first-order valence-electron chi connectivity index (χ1n) is 6.06. The number of aryl methyl sites for hydroxylation is 1. The number of carbonyl (C=O) groups excluding carboxylic acids is 1. The van der Waals surface area contributed by atoms with Gasteiger partial charge in [0, 0.05) is 18.2 Å². The average Bonchev–Trinajstić information content (AvgIpc) is 2.28. The number of aromatic nitrogens is 1. The van der Waals surface area contributed by atoms with E-state index in [2.05, 4.69) is 17.2 Å². The lowest BCUT2D eigenvalue weighted by atomic mass is 9.83. The molecule has 1 atom stereocenters. The van der Waals surface area contributed by atoms with Crippen molar-refractivity contribution < 1.29 is 4.79 Å². The van der Waals surface area contributed by atoms with Gasteiger partial charge in [0.25, 0.3) is 0 Å². The summed E-state index contributed by atoms with van der Waals surface area (Å²) in [7, 11) is 0. The molecule has 0 spiro atoms. The molecule has 1 amide bonds. The standard InChI is InChI=1S/C13H16N2O/c1-8-6-11(16)15-13-12(8)10-5-3-2-4-9(10)7-14-13/h7-8H,2-6H2,1H3,(H,14,15,16). The summed E-state index contributed by atoms with van der Waals surface area (Å²) >= 11 is 0. The minimum absolute atomic E-state index is 0.100. The summed E-state index contributed by atoms with van der Waals surface area (Å²) in [6, 6.07) is 0. The summed E-state index contributed by atoms with van der Waals surface area (Å²) in [6.45, 7) is 2.13. The highest BCUT2D eigenvalue weighted by Gasteiger charge is 2.27. The highest BCUT2D eigenvalue weighted by atomic mass is 16.1. The van der Waals surface area contributed by atoms with Crippen LogP contribution in [0.4, 0.5) is 5.82 Å². The maximum Gasteiger partial charge on any atom is 0.226 e. The van der Waals surface area contributed by atoms with E-state index in [-0.39, 0.29) is 5.91 Å². The second-order valence-electron chi connectivity index (χ2n) is 4.88. The lowest BCUT2D eigenvalue weighted by molar-refractivity contribution is -0.116. The molecule has 0 fully saturated rings. The van der Waals surface area contributed by atoms with Crippen LogP contribution < -0.4 is 5.32 Å². The smallest absolute Gasteiger partial charge is 0.226 e. The van der Waals surface area contributed by atoms with E-state index in [1.807, 2.05) is 6.20 Å². The number of anilines is 1. The van der Waals surface area contributed by atoms with Crippen molar-refractivity contribution in [2.75, 3.05) is 5.32 Å². The Labute approximate surface area is 95.3 Å². The summed E-state index contributed by atoms with van der Waals surface area (Å²) < 4.78 is 0. The zero-order valence-electron chi connectivity index (χ0n) is 9.55. The number of carbonyl (C=O) groups is 1. The van der Waals surface area contributed by atoms with Crippen LogP contribution >= 0.6 is 0 Å². The number of nitrogens with zero attached hydrogens (tertiary/aromatic N) is 1. The van der Waals surface area contributed by atoms with Crippen molar-refractivity contribution in [3.05, 3.63) is 22.9 Å². The Balaban J connectivity index is 2.15. The molecule has 3 nitrogen and oxygen atoms in total. The molecular weight excluding hydrogens is 200 g/mol. The van der Waals surface area contributed by atoms with Crippen LogP contribution in [0.3, 0.4) is 0 Å². The summed E-state index contributed by atoms with van der Waals surface area (Å²) in [5, 5.41) is 2.89. The lowest BCUT2D eigenvalue weighted by Crippen LogP contribution is -2.25. The number of pyridine rings is 1. The van der Waals surface area contributed by atoms with E-state index in [0.717, 1.165) is 18.7 Å². The van der Waals surface area contributed by atoms with E-state index < -0.39 is 0 Å². The monoisotopic (exact) mass is 216 g/mol. The van der Waals surface area contributed by atoms with E-state index in [9.17, 15) is 4.79 Å². The number of hydrogen-bond donors (Lipinski definition) is 1. The van der Waals surface area contributed by atoms with Gasteiger partial charge in [0.15, 0.2) is 0 Å². The molecule has 0 saturated carbocycles. The van der Waals surface area contributed by atoms with Crippen molar-refractivity contribution in [3.63, 3.8) is 0 Å². The van der Waals surface area contributed by atoms with Gasteiger partial charge < -0.3 is 5.32 Å². The van der Waals surface area contributed by atoms with Crippen LogP contribution in [-0.2, 0) is 17.6 Å². The summed E-state index contributed by atoms with van der Waals surface area (Å²) in [4.78, 5) is 15.9. The third-order valence-corrected chi connectivity index (χ3v) is 3.68. The van der Waals surface area contributed by atoms with Gasteiger partial charge >= 0.3 is 0 Å². The third kappa shape index (κ3) is 1.42. The van der Waals surface area contributed by atoms with Gasteiger partial charge in [-0.1, -0.05) is 6.92 Å². The molecule has 1 aliphatic heterocycles. The molecule has 1 aliphatic carbocycles. The van der Waals surface area contributed by atoms with Gasteiger partial charge in [-0.2, -0.15) is 0 Å². The second kappa shape index (κ2) is 3.58. The zero-order valence-corrected chi connectivity index (χ0v) is 9.55. The van der Waals surface area contributed by atoms with E-state index in [1.165, 1.54) is 29.5 Å². The Morgan fingerprint density at radius 1 is 1.38 bits per heavy atom. The minimum atomic E-state index is 0.100. The summed E-state index contributed by atoms with van der Waals surface area (Å²) in [5.74, 6) is 1.23. The van der Waals surface area contributed by atoms with Gasteiger partial charge in [-0.25, -0.2) is 4.98 Å². The fourth-order valence-corrected chi connectivity index (χ4v) is 2.93. The largest absolute Gasteiger partial charge is 0.310 e. The van der Waals surface area contributed by atoms with E-state index in [4.69, 9.17) is 0 Å². The van der Waals surface area contributed by atoms with Crippen LogP contribution in [0.25, 0.3) is 0 Å². The predicted octanol–water partition coefficient (Wildman–Crippen LogP) is 2.41. The van der Waals surface area contributed by atoms with Crippen LogP contribution in [0.15, 0.2) is 6.20 Å². The topological polar surface area (TPSA) is 42.0 Å². The molecule has 3 rings (SSSR count). The molecule has 84 valence electrons. The van der Waals surface area contributed by atoms with Crippen LogP contribution in [-0.4, -0.2) is 10.9 Å². The number of fused-ring (bicyclic) bond motifs is 3. The first kappa shape index (κ1) is 9.82. The minimum Gasteiger partial charge on any atom is -0.310 e. The SMILES string of the molecule is CC1CC(=O)Nc2ncc3c(c21)CCCC3. The van der Waals surface area contributed by atoms with Crippen molar-refractivity contribution in [2.45, 2.75) is 44.9 Å². The molecule has 0 radical (unpaired) electrons. The number of nitrogens with one attached hydrogen (secondary N) is 1. The highest BCUT2D eigenvalue weighted by Crippen LogP contribution is 2.37. The lowest BCUT2D eigenvalue weighted by Gasteiger charge is -2.28. The molecule has 1 N–H and O–H groups in total. The van der Waals surface area contributed by atoms with Crippen LogP contribution in [0.1, 0.15) is 48.8 Å². The van der Waals surface area contributed by atoms with Crippen molar-refractivity contribution in [2.24, 2.45) is 0 Å². The molecule has 1 unspecified atom stereocenters. The maximum absolute atomic E-state index is 11.5. The number of hydrogen-bond acceptors (Lipinski definition) is 2. The normalized spacial score (nSPS) is 23.3. The Morgan fingerprint density at radius 3 is 3.06 bits per heavy atom. The Bertz CT molecular complexity index is 453. The van der Waals surface area contributed by atoms with Crippen molar-refractivity contribution in [1.82, 2.24) is 4.98 Å². The van der Waals surface area contributed by atoms with E-state index in [0.29, 0.717) is 12.3 Å². The highest BCUT2D eigenvalue weighted by molar-refractivity contribution is 5.93. The van der Waals surface area contributed by atoms with Gasteiger partial charge in [-0.15, -0.1) is 0 Å². The summed E-state index contributed by atoms with van der Waals surface area (Å²) in [5.41, 5.74) is 4.16. The van der Waals surface area contributed by atoms with Gasteiger partial charge in [-0.3, -0.25) is 4.79 Å². The molecule has 0 aromatic carbocycles. The molecule has 0 bridgehead atoms. The maximum atomic E-state index is 11.5. The number of rotatable bonds is 0. The Kier molecular flexibility index (Phi) is 2.20. The molecule has 0 saturated heterocycles. The van der Waals surface area contributed by atoms with E-state index >= 15 is 0 Å². The first-order valence-corrected chi connectivity index (χ1v) is 6.06. The van der Waals surface area contributed by atoms with Crippen molar-refractivity contribution in [1.29, 1.82) is 0 Å². The molecule has 2 aliphatic rings. The molecule has 1 aromatic rings. The molecule has 16 heavy (non-hydrogen) atoms. The van der Waals surface area contributed by atoms with Gasteiger partial charge in [0.2, 0.25) is 5.91 Å². The Morgan fingerprint density at radius 2 is 2.19 bits per heavy atom. The quantitative estimate of drug-likeness (QED) is 0.723. The van der Waals surface area contributed by atoms with Crippen LogP contribution in [0, 0.1) is 0 Å². The molecular formula is C13H16N2O. The van der Waals surface area contributed by atoms with Crippen LogP contribution in [0.2, 0.25) is 0 Å².